The molecule has 0 aromatic heterocycles. The van der Waals surface area contributed by atoms with Crippen LogP contribution < -0.4 is 0 Å². The lowest BCUT2D eigenvalue weighted by molar-refractivity contribution is 0.331. The molecule has 0 saturated carbocycles. The van der Waals surface area contributed by atoms with Crippen molar-refractivity contribution in [1.29, 1.82) is 0 Å². The monoisotopic (exact) mass is 550 g/mol. The van der Waals surface area contributed by atoms with Crippen molar-refractivity contribution in [3.8, 4) is 5.75 Å². The summed E-state index contributed by atoms with van der Waals surface area (Å²) in [6.07, 6.45) is 2.40. The van der Waals surface area contributed by atoms with E-state index in [2.05, 4.69) is 6.92 Å². The van der Waals surface area contributed by atoms with Gasteiger partial charge in [0, 0.05) is 0 Å². The van der Waals surface area contributed by atoms with E-state index < -0.39 is 49.3 Å². The number of unbranched alkanes of at least 4 members (excludes halogenated alkanes) is 1. The minimum absolute atomic E-state index is 0.00904. The topological polar surface area (TPSA) is 66.4 Å². The number of rotatable bonds is 3. The zero-order valence-corrected chi connectivity index (χ0v) is 24.5. The molecule has 1 N–H and O–H groups in total. The lowest BCUT2D eigenvalue weighted by atomic mass is 10.3. The van der Waals surface area contributed by atoms with Crippen molar-refractivity contribution in [2.45, 2.75) is 25.8 Å². The third kappa shape index (κ3) is 8.79. The molecule has 0 radical (unpaired) electrons. The van der Waals surface area contributed by atoms with Gasteiger partial charge in [-0.05, 0) is 6.04 Å². The van der Waals surface area contributed by atoms with E-state index in [1.54, 1.807) is 0 Å². The second-order valence-electron chi connectivity index (χ2n) is 4.91. The molecule has 6 nitrogen and oxygen atoms in total. The Kier molecular flexibility index (Phi) is 14.0. The lowest BCUT2D eigenvalue weighted by Gasteiger charge is -2.19. The summed E-state index contributed by atoms with van der Waals surface area (Å²) in [7, 11) is -4.53. The molecule has 1 heterocycles. The Morgan fingerprint density at radius 1 is 0.769 bits per heavy atom. The molecule has 26 heavy (non-hydrogen) atoms. The summed E-state index contributed by atoms with van der Waals surface area (Å²) in [5.41, 5.74) is 0. The van der Waals surface area contributed by atoms with Crippen LogP contribution in [0.4, 0.5) is 0 Å². The summed E-state index contributed by atoms with van der Waals surface area (Å²) in [4.78, 5) is 0. The predicted octanol–water partition coefficient (Wildman–Crippen LogP) is 1.76. The SMILES string of the molecule is CCCC[SiH]1O[SiH2]O[SiH2]O[SiH2]O[SiH2]O1.Oc1c(Cl)c(Cl)c(Cl)c(Cl)c1Cl. The van der Waals surface area contributed by atoms with Gasteiger partial charge < -0.3 is 25.7 Å². The van der Waals surface area contributed by atoms with Crippen molar-refractivity contribution in [2.75, 3.05) is 0 Å². The van der Waals surface area contributed by atoms with Crippen molar-refractivity contribution >= 4 is 107 Å². The molecule has 0 amide bonds. The van der Waals surface area contributed by atoms with E-state index in [0.717, 1.165) is 6.04 Å². The first-order chi connectivity index (χ1) is 12.4. The van der Waals surface area contributed by atoms with Gasteiger partial charge in [-0.3, -0.25) is 0 Å². The Balaban J connectivity index is 0.000000263. The molecule has 1 aromatic carbocycles. The maximum absolute atomic E-state index is 9.20. The third-order valence-electron chi connectivity index (χ3n) is 2.99. The van der Waals surface area contributed by atoms with Gasteiger partial charge in [0.25, 0.3) is 40.0 Å². The van der Waals surface area contributed by atoms with Crippen molar-refractivity contribution in [3.63, 3.8) is 0 Å². The van der Waals surface area contributed by atoms with Crippen LogP contribution in [-0.4, -0.2) is 54.4 Å². The fourth-order valence-corrected chi connectivity index (χ4v) is 13.7. The van der Waals surface area contributed by atoms with E-state index in [-0.39, 0.29) is 30.9 Å². The minimum atomic E-state index is -1.40. The van der Waals surface area contributed by atoms with Crippen LogP contribution in [0.2, 0.25) is 31.2 Å². The fourth-order valence-electron chi connectivity index (χ4n) is 1.65. The van der Waals surface area contributed by atoms with E-state index in [9.17, 15) is 5.11 Å². The van der Waals surface area contributed by atoms with Crippen molar-refractivity contribution < 1.29 is 25.7 Å². The molecule has 1 aliphatic heterocycles. The number of hydrogen-bond donors (Lipinski definition) is 1. The van der Waals surface area contributed by atoms with Gasteiger partial charge in [-0.1, -0.05) is 77.8 Å². The average molecular weight is 553 g/mol. The first-order valence-corrected chi connectivity index (χ1v) is 15.8. The summed E-state index contributed by atoms with van der Waals surface area (Å²) in [6.45, 7) is 2.18. The molecule has 0 unspecified atom stereocenters. The van der Waals surface area contributed by atoms with E-state index >= 15 is 0 Å². The van der Waals surface area contributed by atoms with Gasteiger partial charge in [0.15, 0.2) is 5.75 Å². The molecule has 0 atom stereocenters. The number of benzene rings is 1. The van der Waals surface area contributed by atoms with E-state index in [1.807, 2.05) is 0 Å². The van der Waals surface area contributed by atoms with E-state index in [0.29, 0.717) is 0 Å². The molecule has 0 aliphatic carbocycles. The second-order valence-corrected chi connectivity index (χ2v) is 16.7. The Morgan fingerprint density at radius 2 is 1.19 bits per heavy atom. The minimum Gasteiger partial charge on any atom is -0.505 e. The van der Waals surface area contributed by atoms with Crippen LogP contribution in [0.5, 0.6) is 5.75 Å². The van der Waals surface area contributed by atoms with Crippen molar-refractivity contribution in [2.24, 2.45) is 0 Å². The maximum atomic E-state index is 9.20. The molecule has 2 rings (SSSR count). The summed E-state index contributed by atoms with van der Waals surface area (Å²) < 4.78 is 27.4. The number of phenolic OH excluding ortho intramolecular Hbond substituents is 1. The quantitative estimate of drug-likeness (QED) is 0.350. The number of aromatic hydroxyl groups is 1. The molecule has 1 aromatic rings. The van der Waals surface area contributed by atoms with Crippen LogP contribution in [0.1, 0.15) is 19.8 Å². The lowest BCUT2D eigenvalue weighted by Crippen LogP contribution is -2.32. The molecule has 1 fully saturated rings. The molecule has 0 bridgehead atoms. The molecule has 16 heteroatoms. The molecule has 150 valence electrons. The smallest absolute Gasteiger partial charge is 0.303 e. The largest absolute Gasteiger partial charge is 0.505 e. The highest BCUT2D eigenvalue weighted by atomic mass is 35.5. The van der Waals surface area contributed by atoms with Gasteiger partial charge >= 0.3 is 9.28 Å². The zero-order chi connectivity index (χ0) is 19.5. The Hall–Kier alpha value is 1.35. The third-order valence-corrected chi connectivity index (χ3v) is 14.2. The van der Waals surface area contributed by atoms with Gasteiger partial charge in [-0.15, -0.1) is 0 Å². The van der Waals surface area contributed by atoms with Crippen LogP contribution in [0, 0.1) is 0 Å². The summed E-state index contributed by atoms with van der Waals surface area (Å²) in [5, 5.41) is 9.01. The molecule has 0 spiro atoms. The van der Waals surface area contributed by atoms with Crippen LogP contribution >= 0.6 is 58.0 Å². The van der Waals surface area contributed by atoms with Gasteiger partial charge in [0.2, 0.25) is 0 Å². The molecule has 1 aliphatic rings. The first-order valence-electron chi connectivity index (χ1n) is 7.56. The normalized spacial score (nSPS) is 22.5. The van der Waals surface area contributed by atoms with Gasteiger partial charge in [-0.25, -0.2) is 0 Å². The zero-order valence-electron chi connectivity index (χ0n) is 13.9. The van der Waals surface area contributed by atoms with E-state index in [4.69, 9.17) is 78.6 Å². The van der Waals surface area contributed by atoms with E-state index in [1.165, 1.54) is 12.8 Å². The highest BCUT2D eigenvalue weighted by Gasteiger charge is 2.18. The molecular weight excluding hydrogens is 534 g/mol. The summed E-state index contributed by atoms with van der Waals surface area (Å²) in [6, 6.07) is 1.10. The van der Waals surface area contributed by atoms with Gasteiger partial charge in [-0.2, -0.15) is 0 Å². The highest BCUT2D eigenvalue weighted by molar-refractivity contribution is 6.59. The van der Waals surface area contributed by atoms with Crippen LogP contribution in [0.15, 0.2) is 0 Å². The Morgan fingerprint density at radius 3 is 1.65 bits per heavy atom. The fraction of sp³-hybridized carbons (Fsp3) is 0.400. The van der Waals surface area contributed by atoms with Gasteiger partial charge in [0.1, 0.15) is 10.0 Å². The summed E-state index contributed by atoms with van der Waals surface area (Å²) in [5.74, 6) is -0.363. The standard InChI is InChI=1S/C6HCl5O.C4H18O5Si5/c7-1-2(8)4(10)6(12)5(11)3(1)9;1-2-3-4-14-8-12-6-10-5-11-7-13-9-14/h12H;14H,2-4,10-13H2,1H3. The second kappa shape index (κ2) is 14.4. The van der Waals surface area contributed by atoms with Crippen LogP contribution in [0.25, 0.3) is 0 Å². The average Bonchev–Trinajstić information content (AvgIpc) is 2.66. The highest BCUT2D eigenvalue weighted by Crippen LogP contribution is 2.47. The Bertz CT molecular complexity index is 459. The Labute approximate surface area is 188 Å². The maximum Gasteiger partial charge on any atom is 0.303 e. The molecule has 1 saturated heterocycles. The molecular formula is C10H19Cl5O6Si5. The number of hydrogen-bond acceptors (Lipinski definition) is 6. The van der Waals surface area contributed by atoms with Crippen LogP contribution in [-0.2, 0) is 20.6 Å². The predicted molar refractivity (Wildman–Crippen MR) is 120 cm³/mol. The van der Waals surface area contributed by atoms with Crippen molar-refractivity contribution in [3.05, 3.63) is 25.1 Å². The summed E-state index contributed by atoms with van der Waals surface area (Å²) >= 11 is 27.9. The number of halogens is 5. The van der Waals surface area contributed by atoms with Gasteiger partial charge in [0.05, 0.1) is 15.1 Å². The van der Waals surface area contributed by atoms with Crippen LogP contribution in [0.3, 0.4) is 0 Å². The van der Waals surface area contributed by atoms with Crippen molar-refractivity contribution in [1.82, 2.24) is 0 Å². The first kappa shape index (κ1) is 25.4. The number of phenols is 1.